The fraction of sp³-hybridized carbons (Fsp3) is 1.00. The Morgan fingerprint density at radius 3 is 2.26 bits per heavy atom. The predicted molar refractivity (Wildman–Crippen MR) is 81.2 cm³/mol. The van der Waals surface area contributed by atoms with Gasteiger partial charge in [0.05, 0.1) is 6.10 Å². The van der Waals surface area contributed by atoms with Gasteiger partial charge in [0.2, 0.25) is 0 Å². The Hall–Kier alpha value is -0.0800. The van der Waals surface area contributed by atoms with Crippen molar-refractivity contribution in [1.82, 2.24) is 4.90 Å². The fourth-order valence-electron chi connectivity index (χ4n) is 4.52. The van der Waals surface area contributed by atoms with Crippen molar-refractivity contribution in [2.45, 2.75) is 90.8 Å². The van der Waals surface area contributed by atoms with Crippen LogP contribution >= 0.6 is 0 Å². The standard InChI is InChI=1S/C17H33NO/c1-13(2)12-18(14(3)4)16-11-15(19)7-10-17(16)8-5-6-9-17/h13-16,19H,5-12H2,1-4H3. The molecule has 2 rings (SSSR count). The summed E-state index contributed by atoms with van der Waals surface area (Å²) in [5, 5.41) is 10.2. The third-order valence-corrected chi connectivity index (χ3v) is 5.42. The molecule has 2 aliphatic rings. The molecule has 0 radical (unpaired) electrons. The van der Waals surface area contributed by atoms with Crippen LogP contribution in [0.4, 0.5) is 0 Å². The van der Waals surface area contributed by atoms with E-state index >= 15 is 0 Å². The first-order valence-corrected chi connectivity index (χ1v) is 8.38. The van der Waals surface area contributed by atoms with Gasteiger partial charge in [-0.2, -0.15) is 0 Å². The molecular formula is C17H33NO. The Morgan fingerprint density at radius 1 is 1.11 bits per heavy atom. The molecule has 2 aliphatic carbocycles. The summed E-state index contributed by atoms with van der Waals surface area (Å²) < 4.78 is 0. The maximum absolute atomic E-state index is 10.2. The third-order valence-electron chi connectivity index (χ3n) is 5.42. The van der Waals surface area contributed by atoms with Gasteiger partial charge in [0, 0.05) is 18.6 Å². The van der Waals surface area contributed by atoms with E-state index in [0.29, 0.717) is 23.4 Å². The molecule has 0 bridgehead atoms. The van der Waals surface area contributed by atoms with E-state index in [1.54, 1.807) is 0 Å². The van der Waals surface area contributed by atoms with Gasteiger partial charge < -0.3 is 5.11 Å². The lowest BCUT2D eigenvalue weighted by atomic mass is 9.67. The van der Waals surface area contributed by atoms with Crippen molar-refractivity contribution < 1.29 is 5.11 Å². The largest absolute Gasteiger partial charge is 0.393 e. The zero-order valence-corrected chi connectivity index (χ0v) is 13.4. The molecule has 2 saturated carbocycles. The summed E-state index contributed by atoms with van der Waals surface area (Å²) in [6.07, 6.45) is 8.82. The van der Waals surface area contributed by atoms with Gasteiger partial charge in [-0.05, 0) is 57.3 Å². The minimum absolute atomic E-state index is 0.0652. The summed E-state index contributed by atoms with van der Waals surface area (Å²) in [7, 11) is 0. The Morgan fingerprint density at radius 2 is 1.74 bits per heavy atom. The Labute approximate surface area is 119 Å². The molecule has 0 heterocycles. The van der Waals surface area contributed by atoms with Crippen LogP contribution in [0.3, 0.4) is 0 Å². The van der Waals surface area contributed by atoms with Crippen LogP contribution in [0.1, 0.15) is 72.6 Å². The maximum Gasteiger partial charge on any atom is 0.0555 e. The zero-order chi connectivity index (χ0) is 14.0. The van der Waals surface area contributed by atoms with Gasteiger partial charge in [-0.3, -0.25) is 4.90 Å². The molecule has 112 valence electrons. The van der Waals surface area contributed by atoms with Crippen molar-refractivity contribution in [3.8, 4) is 0 Å². The van der Waals surface area contributed by atoms with Crippen LogP contribution in [0.2, 0.25) is 0 Å². The highest BCUT2D eigenvalue weighted by atomic mass is 16.3. The molecule has 0 aliphatic heterocycles. The van der Waals surface area contributed by atoms with Gasteiger partial charge in [0.25, 0.3) is 0 Å². The van der Waals surface area contributed by atoms with E-state index in [4.69, 9.17) is 0 Å². The fourth-order valence-corrected chi connectivity index (χ4v) is 4.52. The Balaban J connectivity index is 2.19. The van der Waals surface area contributed by atoms with Gasteiger partial charge in [-0.25, -0.2) is 0 Å². The molecule has 0 aromatic carbocycles. The summed E-state index contributed by atoms with van der Waals surface area (Å²) in [6, 6.07) is 1.20. The van der Waals surface area contributed by atoms with Crippen LogP contribution in [0.15, 0.2) is 0 Å². The van der Waals surface area contributed by atoms with Crippen molar-refractivity contribution in [2.24, 2.45) is 11.3 Å². The topological polar surface area (TPSA) is 23.5 Å². The average Bonchev–Trinajstić information content (AvgIpc) is 2.79. The Bertz CT molecular complexity index is 281. The first-order chi connectivity index (χ1) is 8.94. The minimum Gasteiger partial charge on any atom is -0.393 e. The summed E-state index contributed by atoms with van der Waals surface area (Å²) in [6.45, 7) is 10.5. The summed E-state index contributed by atoms with van der Waals surface area (Å²) in [5.74, 6) is 0.708. The lowest BCUT2D eigenvalue weighted by molar-refractivity contribution is -0.0423. The molecule has 2 fully saturated rings. The second-order valence-electron chi connectivity index (χ2n) is 7.70. The monoisotopic (exact) mass is 267 g/mol. The van der Waals surface area contributed by atoms with E-state index < -0.39 is 0 Å². The first kappa shape index (κ1) is 15.3. The molecule has 0 saturated heterocycles. The molecule has 0 aromatic rings. The number of rotatable bonds is 4. The van der Waals surface area contributed by atoms with Crippen molar-refractivity contribution in [3.05, 3.63) is 0 Å². The van der Waals surface area contributed by atoms with Crippen LogP contribution < -0.4 is 0 Å². The molecule has 19 heavy (non-hydrogen) atoms. The average molecular weight is 267 g/mol. The molecule has 2 atom stereocenters. The third kappa shape index (κ3) is 3.33. The molecular weight excluding hydrogens is 234 g/mol. The van der Waals surface area contributed by atoms with Crippen molar-refractivity contribution >= 4 is 0 Å². The molecule has 0 amide bonds. The summed E-state index contributed by atoms with van der Waals surface area (Å²) >= 11 is 0. The lowest BCUT2D eigenvalue weighted by Gasteiger charge is -2.50. The number of aliphatic hydroxyl groups excluding tert-OH is 1. The minimum atomic E-state index is -0.0652. The number of nitrogens with zero attached hydrogens (tertiary/aromatic N) is 1. The van der Waals surface area contributed by atoms with Crippen LogP contribution in [0, 0.1) is 11.3 Å². The highest BCUT2D eigenvalue weighted by Crippen LogP contribution is 2.51. The van der Waals surface area contributed by atoms with Crippen LogP contribution in [-0.4, -0.2) is 34.7 Å². The van der Waals surface area contributed by atoms with E-state index in [2.05, 4.69) is 32.6 Å². The molecule has 1 spiro atoms. The molecule has 2 heteroatoms. The number of aliphatic hydroxyl groups is 1. The molecule has 1 N–H and O–H groups in total. The maximum atomic E-state index is 10.2. The normalized spacial score (nSPS) is 30.9. The summed E-state index contributed by atoms with van der Waals surface area (Å²) in [5.41, 5.74) is 0.526. The summed E-state index contributed by atoms with van der Waals surface area (Å²) in [4.78, 5) is 2.71. The van der Waals surface area contributed by atoms with E-state index in [0.717, 1.165) is 12.8 Å². The van der Waals surface area contributed by atoms with Gasteiger partial charge >= 0.3 is 0 Å². The molecule has 2 unspecified atom stereocenters. The Kier molecular flexibility index (Phi) is 4.94. The SMILES string of the molecule is CC(C)CN(C(C)C)C1CC(O)CCC12CCCC2. The van der Waals surface area contributed by atoms with Crippen molar-refractivity contribution in [2.75, 3.05) is 6.54 Å². The number of hydrogen-bond acceptors (Lipinski definition) is 2. The van der Waals surface area contributed by atoms with E-state index in [9.17, 15) is 5.11 Å². The van der Waals surface area contributed by atoms with Crippen molar-refractivity contribution in [3.63, 3.8) is 0 Å². The van der Waals surface area contributed by atoms with Gasteiger partial charge in [-0.1, -0.05) is 26.7 Å². The van der Waals surface area contributed by atoms with Crippen molar-refractivity contribution in [1.29, 1.82) is 0 Å². The predicted octanol–water partition coefficient (Wildman–Crippen LogP) is 3.83. The zero-order valence-electron chi connectivity index (χ0n) is 13.4. The quantitative estimate of drug-likeness (QED) is 0.837. The van der Waals surface area contributed by atoms with Gasteiger partial charge in [0.15, 0.2) is 0 Å². The van der Waals surface area contributed by atoms with E-state index in [1.807, 2.05) is 0 Å². The highest BCUT2D eigenvalue weighted by molar-refractivity contribution is 5.01. The van der Waals surface area contributed by atoms with E-state index in [1.165, 1.54) is 38.6 Å². The van der Waals surface area contributed by atoms with Gasteiger partial charge in [0.1, 0.15) is 0 Å². The second-order valence-corrected chi connectivity index (χ2v) is 7.70. The van der Waals surface area contributed by atoms with Crippen LogP contribution in [0.25, 0.3) is 0 Å². The second kappa shape index (κ2) is 6.13. The molecule has 2 nitrogen and oxygen atoms in total. The molecule has 0 aromatic heterocycles. The number of hydrogen-bond donors (Lipinski definition) is 1. The lowest BCUT2D eigenvalue weighted by Crippen LogP contribution is -2.54. The first-order valence-electron chi connectivity index (χ1n) is 8.38. The van der Waals surface area contributed by atoms with Crippen LogP contribution in [-0.2, 0) is 0 Å². The highest BCUT2D eigenvalue weighted by Gasteiger charge is 2.47. The smallest absolute Gasteiger partial charge is 0.0555 e. The van der Waals surface area contributed by atoms with E-state index in [-0.39, 0.29) is 6.10 Å². The van der Waals surface area contributed by atoms with Gasteiger partial charge in [-0.15, -0.1) is 0 Å². The van der Waals surface area contributed by atoms with Crippen LogP contribution in [0.5, 0.6) is 0 Å².